The molecular weight excluding hydrogens is 345 g/mol. The van der Waals surface area contributed by atoms with Crippen molar-refractivity contribution in [2.24, 2.45) is 0 Å². The van der Waals surface area contributed by atoms with Crippen LogP contribution in [0, 0.1) is 0 Å². The monoisotopic (exact) mass is 358 g/mol. The highest BCUT2D eigenvalue weighted by Gasteiger charge is 2.62. The molecule has 0 aliphatic carbocycles. The first-order chi connectivity index (χ1) is 12.3. The van der Waals surface area contributed by atoms with Crippen LogP contribution >= 0.6 is 0 Å². The lowest BCUT2D eigenvalue weighted by atomic mass is 9.67. The normalized spacial score (nSPS) is 14.9. The second-order valence-corrected chi connectivity index (χ2v) is 6.08. The maximum atomic E-state index is 14.7. The Bertz CT molecular complexity index is 930. The van der Waals surface area contributed by atoms with Gasteiger partial charge in [-0.1, -0.05) is 42.5 Å². The van der Waals surface area contributed by atoms with Gasteiger partial charge in [0.25, 0.3) is 0 Å². The highest BCUT2D eigenvalue weighted by molar-refractivity contribution is 5.66. The third-order valence-electron chi connectivity index (χ3n) is 4.59. The van der Waals surface area contributed by atoms with Crippen molar-refractivity contribution in [3.8, 4) is 23.0 Å². The van der Waals surface area contributed by atoms with Gasteiger partial charge in [-0.3, -0.25) is 0 Å². The van der Waals surface area contributed by atoms with Gasteiger partial charge in [-0.15, -0.1) is 0 Å². The van der Waals surface area contributed by atoms with Gasteiger partial charge in [-0.05, 0) is 17.7 Å². The number of aromatic hydroxyl groups is 2. The van der Waals surface area contributed by atoms with Gasteiger partial charge in [0.2, 0.25) is 0 Å². The van der Waals surface area contributed by atoms with Gasteiger partial charge in [0.15, 0.2) is 0 Å². The number of hydrogen-bond donors (Lipinski definition) is 2. The lowest BCUT2D eigenvalue weighted by Gasteiger charge is -2.41. The highest BCUT2D eigenvalue weighted by Crippen LogP contribution is 2.59. The maximum Gasteiger partial charge on any atom is 0.406 e. The van der Waals surface area contributed by atoms with Gasteiger partial charge < -0.3 is 14.9 Å². The van der Waals surface area contributed by atoms with Crippen molar-refractivity contribution in [1.29, 1.82) is 0 Å². The van der Waals surface area contributed by atoms with Crippen LogP contribution in [0.25, 0.3) is 0 Å². The minimum Gasteiger partial charge on any atom is -0.508 e. The number of rotatable bonds is 1. The molecule has 0 amide bonds. The fourth-order valence-corrected chi connectivity index (χ4v) is 3.54. The van der Waals surface area contributed by atoms with Gasteiger partial charge in [-0.25, -0.2) is 0 Å². The summed E-state index contributed by atoms with van der Waals surface area (Å²) in [6.07, 6.45) is -4.70. The van der Waals surface area contributed by atoms with Gasteiger partial charge >= 0.3 is 6.18 Å². The van der Waals surface area contributed by atoms with E-state index in [0.717, 1.165) is 12.1 Å². The first kappa shape index (κ1) is 16.3. The molecule has 0 unspecified atom stereocenters. The number of halogens is 3. The summed E-state index contributed by atoms with van der Waals surface area (Å²) in [7, 11) is 0. The standard InChI is InChI=1S/C20H13F3O3/c21-20(22,23)19(12-4-2-1-3-5-12)15-8-6-13(24)10-17(15)26-18-11-14(25)7-9-16(18)19/h1-11,24-25H. The van der Waals surface area contributed by atoms with Crippen LogP contribution in [0.5, 0.6) is 23.0 Å². The van der Waals surface area contributed by atoms with E-state index in [-0.39, 0.29) is 39.7 Å². The van der Waals surface area contributed by atoms with E-state index < -0.39 is 11.6 Å². The minimum atomic E-state index is -4.70. The molecule has 0 fully saturated rings. The molecule has 6 heteroatoms. The van der Waals surface area contributed by atoms with Crippen LogP contribution in [0.4, 0.5) is 13.2 Å². The Morgan fingerprint density at radius 2 is 1.23 bits per heavy atom. The molecule has 0 bridgehead atoms. The SMILES string of the molecule is Oc1ccc2c(c1)Oc1cc(O)ccc1C2(c1ccccc1)C(F)(F)F. The zero-order valence-electron chi connectivity index (χ0n) is 13.3. The number of alkyl halides is 3. The number of fused-ring (bicyclic) bond motifs is 2. The largest absolute Gasteiger partial charge is 0.508 e. The fourth-order valence-electron chi connectivity index (χ4n) is 3.54. The number of benzene rings is 3. The Balaban J connectivity index is 2.17. The molecule has 3 aromatic carbocycles. The van der Waals surface area contributed by atoms with Crippen molar-refractivity contribution in [3.63, 3.8) is 0 Å². The first-order valence-corrected chi connectivity index (χ1v) is 7.81. The van der Waals surface area contributed by atoms with E-state index in [1.165, 1.54) is 36.4 Å². The van der Waals surface area contributed by atoms with E-state index in [2.05, 4.69) is 0 Å². The topological polar surface area (TPSA) is 49.7 Å². The molecule has 0 spiro atoms. The van der Waals surface area contributed by atoms with Crippen molar-refractivity contribution in [1.82, 2.24) is 0 Å². The van der Waals surface area contributed by atoms with Crippen molar-refractivity contribution in [3.05, 3.63) is 83.4 Å². The van der Waals surface area contributed by atoms with Gasteiger partial charge in [0, 0.05) is 23.3 Å². The van der Waals surface area contributed by atoms with Crippen LogP contribution in [-0.4, -0.2) is 16.4 Å². The summed E-state index contributed by atoms with van der Waals surface area (Å²) in [5.41, 5.74) is -2.70. The summed E-state index contributed by atoms with van der Waals surface area (Å²) in [5, 5.41) is 19.4. The van der Waals surface area contributed by atoms with E-state index in [1.54, 1.807) is 18.2 Å². The Morgan fingerprint density at radius 3 is 1.69 bits per heavy atom. The van der Waals surface area contributed by atoms with E-state index in [4.69, 9.17) is 4.74 Å². The molecule has 1 heterocycles. The lowest BCUT2D eigenvalue weighted by Crippen LogP contribution is -2.46. The maximum absolute atomic E-state index is 14.7. The van der Waals surface area contributed by atoms with Crippen LogP contribution in [0.15, 0.2) is 66.7 Å². The third-order valence-corrected chi connectivity index (χ3v) is 4.59. The lowest BCUT2D eigenvalue weighted by molar-refractivity contribution is -0.168. The smallest absolute Gasteiger partial charge is 0.406 e. The minimum absolute atomic E-state index is 0.0229. The Kier molecular flexibility index (Phi) is 3.41. The van der Waals surface area contributed by atoms with Crippen LogP contribution in [0.2, 0.25) is 0 Å². The quantitative estimate of drug-likeness (QED) is 0.636. The third kappa shape index (κ3) is 2.15. The molecule has 0 radical (unpaired) electrons. The zero-order valence-corrected chi connectivity index (χ0v) is 13.3. The summed E-state index contributed by atoms with van der Waals surface area (Å²) in [5.74, 6) is -0.637. The van der Waals surface area contributed by atoms with Gasteiger partial charge in [-0.2, -0.15) is 13.2 Å². The van der Waals surface area contributed by atoms with Gasteiger partial charge in [0.1, 0.15) is 28.4 Å². The second-order valence-electron chi connectivity index (χ2n) is 6.08. The van der Waals surface area contributed by atoms with Crippen LogP contribution in [0.1, 0.15) is 16.7 Å². The molecule has 1 aliphatic heterocycles. The highest BCUT2D eigenvalue weighted by atomic mass is 19.4. The van der Waals surface area contributed by atoms with Crippen LogP contribution in [-0.2, 0) is 5.41 Å². The average molecular weight is 358 g/mol. The van der Waals surface area contributed by atoms with Crippen molar-refractivity contribution in [2.45, 2.75) is 11.6 Å². The number of phenols is 2. The summed E-state index contributed by atoms with van der Waals surface area (Å²) in [6, 6.07) is 14.7. The molecule has 26 heavy (non-hydrogen) atoms. The molecule has 1 aliphatic rings. The number of ether oxygens (including phenoxy) is 1. The molecular formula is C20H13F3O3. The molecule has 4 rings (SSSR count). The van der Waals surface area contributed by atoms with E-state index in [0.29, 0.717) is 0 Å². The Morgan fingerprint density at radius 1 is 0.731 bits per heavy atom. The van der Waals surface area contributed by atoms with Crippen molar-refractivity contribution < 1.29 is 28.1 Å². The van der Waals surface area contributed by atoms with Crippen molar-refractivity contribution in [2.75, 3.05) is 0 Å². The van der Waals surface area contributed by atoms with Crippen LogP contribution < -0.4 is 4.74 Å². The average Bonchev–Trinajstić information content (AvgIpc) is 2.59. The zero-order chi connectivity index (χ0) is 18.5. The summed E-state index contributed by atoms with van der Waals surface area (Å²) < 4.78 is 49.6. The molecule has 0 saturated carbocycles. The van der Waals surface area contributed by atoms with Gasteiger partial charge in [0.05, 0.1) is 0 Å². The molecule has 2 N–H and O–H groups in total. The van der Waals surface area contributed by atoms with E-state index in [9.17, 15) is 23.4 Å². The molecule has 0 atom stereocenters. The molecule has 3 aromatic rings. The molecule has 3 nitrogen and oxygen atoms in total. The van der Waals surface area contributed by atoms with E-state index >= 15 is 0 Å². The molecule has 0 saturated heterocycles. The summed E-state index contributed by atoms with van der Waals surface area (Å²) in [4.78, 5) is 0. The summed E-state index contributed by atoms with van der Waals surface area (Å²) >= 11 is 0. The van der Waals surface area contributed by atoms with Crippen molar-refractivity contribution >= 4 is 0 Å². The Labute approximate surface area is 146 Å². The summed E-state index contributed by atoms with van der Waals surface area (Å²) in [6.45, 7) is 0. The number of hydrogen-bond acceptors (Lipinski definition) is 3. The van der Waals surface area contributed by atoms with E-state index in [1.807, 2.05) is 0 Å². The predicted molar refractivity (Wildman–Crippen MR) is 88.7 cm³/mol. The first-order valence-electron chi connectivity index (χ1n) is 7.81. The van der Waals surface area contributed by atoms with Crippen LogP contribution in [0.3, 0.4) is 0 Å². The fraction of sp³-hybridized carbons (Fsp3) is 0.100. The molecule has 0 aromatic heterocycles. The predicted octanol–water partition coefficient (Wildman–Crippen LogP) is 5.10. The second kappa shape index (κ2) is 5.42. The number of phenolic OH excluding ortho intramolecular Hbond substituents is 2. The Hall–Kier alpha value is -3.15. The molecule has 132 valence electrons.